The number of esters is 1. The highest BCUT2D eigenvalue weighted by molar-refractivity contribution is 5.81. The summed E-state index contributed by atoms with van der Waals surface area (Å²) in [5.41, 5.74) is 2.37. The van der Waals surface area contributed by atoms with E-state index in [9.17, 15) is 4.79 Å². The Balaban J connectivity index is 2.26. The number of anilines is 1. The molecule has 1 atom stereocenters. The van der Waals surface area contributed by atoms with E-state index < -0.39 is 6.04 Å². The molecule has 0 aliphatic heterocycles. The molecule has 4 nitrogen and oxygen atoms in total. The van der Waals surface area contributed by atoms with Crippen LogP contribution in [0.25, 0.3) is 0 Å². The Bertz CT molecular complexity index is 569. The Kier molecular flexibility index (Phi) is 4.74. The Hall–Kier alpha value is -2.33. The van der Waals surface area contributed by atoms with Gasteiger partial charge in [0.25, 0.3) is 0 Å². The van der Waals surface area contributed by atoms with Crippen molar-refractivity contribution in [3.63, 3.8) is 0 Å². The van der Waals surface area contributed by atoms with E-state index in [1.165, 1.54) is 7.11 Å². The molecule has 0 saturated carbocycles. The maximum absolute atomic E-state index is 11.9. The van der Waals surface area contributed by atoms with Crippen LogP contribution in [0.4, 0.5) is 5.69 Å². The molecule has 0 bridgehead atoms. The van der Waals surface area contributed by atoms with E-state index in [0.29, 0.717) is 0 Å². The van der Waals surface area contributed by atoms with Crippen LogP contribution in [-0.4, -0.2) is 18.2 Å². The zero-order valence-corrected chi connectivity index (χ0v) is 11.2. The van der Waals surface area contributed by atoms with E-state index in [0.717, 1.165) is 16.8 Å². The number of carbonyl (C=O) groups excluding carboxylic acids is 1. The van der Waals surface area contributed by atoms with Gasteiger partial charge in [-0.25, -0.2) is 4.79 Å². The molecule has 0 amide bonds. The first-order valence-electron chi connectivity index (χ1n) is 6.33. The third kappa shape index (κ3) is 3.36. The van der Waals surface area contributed by atoms with Crippen LogP contribution in [-0.2, 0) is 16.1 Å². The average Bonchev–Trinajstić information content (AvgIpc) is 2.53. The summed E-state index contributed by atoms with van der Waals surface area (Å²) in [6.07, 6.45) is 0. The topological polar surface area (TPSA) is 58.6 Å². The van der Waals surface area contributed by atoms with Gasteiger partial charge in [0.05, 0.1) is 13.7 Å². The molecule has 0 fully saturated rings. The highest BCUT2D eigenvalue weighted by Crippen LogP contribution is 2.21. The van der Waals surface area contributed by atoms with Crippen molar-refractivity contribution >= 4 is 11.7 Å². The third-order valence-electron chi connectivity index (χ3n) is 2.99. The molecule has 4 heteroatoms. The first-order valence-corrected chi connectivity index (χ1v) is 6.33. The van der Waals surface area contributed by atoms with Crippen molar-refractivity contribution < 1.29 is 14.6 Å². The lowest BCUT2D eigenvalue weighted by molar-refractivity contribution is -0.141. The summed E-state index contributed by atoms with van der Waals surface area (Å²) in [7, 11) is 1.37. The molecule has 2 aromatic carbocycles. The number of carbonyl (C=O) groups is 1. The molecule has 104 valence electrons. The number of hydrogen-bond acceptors (Lipinski definition) is 4. The van der Waals surface area contributed by atoms with Crippen molar-refractivity contribution in [3.05, 3.63) is 65.7 Å². The summed E-state index contributed by atoms with van der Waals surface area (Å²) in [5, 5.41) is 12.3. The molecule has 0 spiro atoms. The second-order valence-electron chi connectivity index (χ2n) is 4.37. The molecule has 0 saturated heterocycles. The van der Waals surface area contributed by atoms with E-state index in [-0.39, 0.29) is 12.6 Å². The fourth-order valence-corrected chi connectivity index (χ4v) is 1.97. The highest BCUT2D eigenvalue weighted by atomic mass is 16.5. The number of hydrogen-bond donors (Lipinski definition) is 2. The fraction of sp³-hybridized carbons (Fsp3) is 0.188. The number of nitrogens with one attached hydrogen (secondary N) is 1. The second kappa shape index (κ2) is 6.73. The SMILES string of the molecule is COC(=O)C(Nc1cccc(CO)c1)c1ccccc1. The summed E-state index contributed by atoms with van der Waals surface area (Å²) in [5.74, 6) is -0.356. The zero-order chi connectivity index (χ0) is 14.4. The van der Waals surface area contributed by atoms with Gasteiger partial charge in [0, 0.05) is 5.69 Å². The number of aliphatic hydroxyl groups excluding tert-OH is 1. The molecule has 20 heavy (non-hydrogen) atoms. The van der Waals surface area contributed by atoms with Crippen molar-refractivity contribution in [2.24, 2.45) is 0 Å². The molecule has 2 N–H and O–H groups in total. The van der Waals surface area contributed by atoms with Crippen molar-refractivity contribution in [3.8, 4) is 0 Å². The predicted molar refractivity (Wildman–Crippen MR) is 77.2 cm³/mol. The lowest BCUT2D eigenvalue weighted by atomic mass is 10.1. The van der Waals surface area contributed by atoms with Gasteiger partial charge in [0.1, 0.15) is 0 Å². The normalized spacial score (nSPS) is 11.7. The van der Waals surface area contributed by atoms with Crippen LogP contribution >= 0.6 is 0 Å². The Morgan fingerprint density at radius 3 is 2.60 bits per heavy atom. The minimum absolute atomic E-state index is 0.0379. The summed E-state index contributed by atoms with van der Waals surface area (Å²) in [4.78, 5) is 11.9. The molecule has 0 radical (unpaired) electrons. The van der Waals surface area contributed by atoms with Crippen LogP contribution in [0.15, 0.2) is 54.6 Å². The lowest BCUT2D eigenvalue weighted by Gasteiger charge is -2.18. The Morgan fingerprint density at radius 2 is 1.95 bits per heavy atom. The summed E-state index contributed by atoms with van der Waals surface area (Å²) in [6, 6.07) is 16.1. The predicted octanol–water partition coefficient (Wildman–Crippen LogP) is 2.51. The lowest BCUT2D eigenvalue weighted by Crippen LogP contribution is -2.22. The summed E-state index contributed by atoms with van der Waals surface area (Å²) in [6.45, 7) is -0.0379. The molecule has 1 unspecified atom stereocenters. The van der Waals surface area contributed by atoms with Crippen LogP contribution in [0.3, 0.4) is 0 Å². The van der Waals surface area contributed by atoms with Crippen LogP contribution in [0.5, 0.6) is 0 Å². The van der Waals surface area contributed by atoms with Crippen molar-refractivity contribution in [1.82, 2.24) is 0 Å². The van der Waals surface area contributed by atoms with E-state index in [4.69, 9.17) is 9.84 Å². The Labute approximate surface area is 118 Å². The third-order valence-corrected chi connectivity index (χ3v) is 2.99. The zero-order valence-electron chi connectivity index (χ0n) is 11.2. The quantitative estimate of drug-likeness (QED) is 0.820. The van der Waals surface area contributed by atoms with E-state index >= 15 is 0 Å². The maximum atomic E-state index is 11.9. The number of methoxy groups -OCH3 is 1. The van der Waals surface area contributed by atoms with Crippen LogP contribution in [0, 0.1) is 0 Å². The van der Waals surface area contributed by atoms with Gasteiger partial charge in [-0.15, -0.1) is 0 Å². The largest absolute Gasteiger partial charge is 0.467 e. The minimum atomic E-state index is -0.574. The molecule has 0 heterocycles. The highest BCUT2D eigenvalue weighted by Gasteiger charge is 2.20. The fourth-order valence-electron chi connectivity index (χ4n) is 1.97. The molecular weight excluding hydrogens is 254 g/mol. The van der Waals surface area contributed by atoms with Crippen LogP contribution in [0.2, 0.25) is 0 Å². The van der Waals surface area contributed by atoms with Gasteiger partial charge in [0.2, 0.25) is 0 Å². The monoisotopic (exact) mass is 271 g/mol. The summed E-state index contributed by atoms with van der Waals surface area (Å²) >= 11 is 0. The molecular formula is C16H17NO3. The number of rotatable bonds is 5. The average molecular weight is 271 g/mol. The van der Waals surface area contributed by atoms with Gasteiger partial charge in [-0.3, -0.25) is 0 Å². The standard InChI is InChI=1S/C16H17NO3/c1-20-16(19)15(13-7-3-2-4-8-13)17-14-9-5-6-12(10-14)11-18/h2-10,15,17-18H,11H2,1H3. The summed E-state index contributed by atoms with van der Waals surface area (Å²) < 4.78 is 4.84. The first-order chi connectivity index (χ1) is 9.74. The van der Waals surface area contributed by atoms with Crippen LogP contribution < -0.4 is 5.32 Å². The van der Waals surface area contributed by atoms with Gasteiger partial charge in [-0.2, -0.15) is 0 Å². The molecule has 0 aliphatic rings. The van der Waals surface area contributed by atoms with Crippen LogP contribution in [0.1, 0.15) is 17.2 Å². The first kappa shape index (κ1) is 14.1. The van der Waals surface area contributed by atoms with Gasteiger partial charge < -0.3 is 15.2 Å². The van der Waals surface area contributed by atoms with Gasteiger partial charge in [-0.1, -0.05) is 42.5 Å². The van der Waals surface area contributed by atoms with E-state index in [1.54, 1.807) is 6.07 Å². The van der Waals surface area contributed by atoms with E-state index in [1.807, 2.05) is 48.5 Å². The van der Waals surface area contributed by atoms with Gasteiger partial charge >= 0.3 is 5.97 Å². The van der Waals surface area contributed by atoms with Crippen molar-refractivity contribution in [2.45, 2.75) is 12.6 Å². The molecule has 2 aromatic rings. The molecule has 2 rings (SSSR count). The Morgan fingerprint density at radius 1 is 1.20 bits per heavy atom. The molecule has 0 aromatic heterocycles. The molecule has 0 aliphatic carbocycles. The van der Waals surface area contributed by atoms with Crippen molar-refractivity contribution in [1.29, 1.82) is 0 Å². The van der Waals surface area contributed by atoms with Gasteiger partial charge in [0.15, 0.2) is 6.04 Å². The number of ether oxygens (including phenoxy) is 1. The van der Waals surface area contributed by atoms with E-state index in [2.05, 4.69) is 5.32 Å². The number of aliphatic hydroxyl groups is 1. The smallest absolute Gasteiger partial charge is 0.332 e. The van der Waals surface area contributed by atoms with Crippen molar-refractivity contribution in [2.75, 3.05) is 12.4 Å². The maximum Gasteiger partial charge on any atom is 0.332 e. The second-order valence-corrected chi connectivity index (χ2v) is 4.37. The van der Waals surface area contributed by atoms with Gasteiger partial charge in [-0.05, 0) is 23.3 Å². The minimum Gasteiger partial charge on any atom is -0.467 e. The number of benzene rings is 2.